The van der Waals surface area contributed by atoms with Crippen molar-refractivity contribution in [2.75, 3.05) is 11.4 Å². The monoisotopic (exact) mass is 236 g/mol. The Bertz CT molecular complexity index is 406. The molecule has 1 aliphatic heterocycles. The number of nitrogens with zero attached hydrogens (tertiary/aromatic N) is 3. The first-order valence-electron chi connectivity index (χ1n) is 5.70. The number of piperidine rings is 1. The molecule has 1 aliphatic rings. The third-order valence-electron chi connectivity index (χ3n) is 3.15. The fourth-order valence-electron chi connectivity index (χ4n) is 2.21. The van der Waals surface area contributed by atoms with Crippen LogP contribution < -0.4 is 10.6 Å². The van der Waals surface area contributed by atoms with E-state index in [1.807, 2.05) is 0 Å². The Morgan fingerprint density at radius 3 is 2.88 bits per heavy atom. The van der Waals surface area contributed by atoms with Gasteiger partial charge in [-0.15, -0.1) is 0 Å². The molecule has 1 aromatic heterocycles. The lowest BCUT2D eigenvalue weighted by molar-refractivity contribution is -0.385. The van der Waals surface area contributed by atoms with E-state index in [-0.39, 0.29) is 11.7 Å². The number of pyridine rings is 1. The number of nitrogens with two attached hydrogens (primary N) is 1. The van der Waals surface area contributed by atoms with E-state index in [9.17, 15) is 10.1 Å². The standard InChI is InChI=1S/C11H16N4O2/c1-8-6-9(12)4-5-14(8)11-3-2-10(7-13-11)15(16)17/h2-3,7-9H,4-6,12H2,1H3. The first-order chi connectivity index (χ1) is 8.08. The van der Waals surface area contributed by atoms with Crippen molar-refractivity contribution in [3.05, 3.63) is 28.4 Å². The molecular weight excluding hydrogens is 220 g/mol. The molecular formula is C11H16N4O2. The van der Waals surface area contributed by atoms with Crippen LogP contribution >= 0.6 is 0 Å². The van der Waals surface area contributed by atoms with E-state index in [0.717, 1.165) is 25.2 Å². The van der Waals surface area contributed by atoms with Crippen molar-refractivity contribution in [1.29, 1.82) is 0 Å². The Morgan fingerprint density at radius 2 is 2.35 bits per heavy atom. The van der Waals surface area contributed by atoms with E-state index in [4.69, 9.17) is 5.73 Å². The van der Waals surface area contributed by atoms with Gasteiger partial charge >= 0.3 is 0 Å². The zero-order valence-corrected chi connectivity index (χ0v) is 9.74. The highest BCUT2D eigenvalue weighted by molar-refractivity contribution is 5.44. The van der Waals surface area contributed by atoms with E-state index in [2.05, 4.69) is 16.8 Å². The molecule has 0 bridgehead atoms. The maximum Gasteiger partial charge on any atom is 0.287 e. The Hall–Kier alpha value is -1.69. The molecule has 1 fully saturated rings. The Balaban J connectivity index is 2.14. The van der Waals surface area contributed by atoms with Gasteiger partial charge in [0.1, 0.15) is 12.0 Å². The molecule has 2 heterocycles. The molecule has 0 aromatic carbocycles. The van der Waals surface area contributed by atoms with E-state index >= 15 is 0 Å². The highest BCUT2D eigenvalue weighted by atomic mass is 16.6. The minimum absolute atomic E-state index is 0.0233. The van der Waals surface area contributed by atoms with E-state index < -0.39 is 4.92 Å². The third kappa shape index (κ3) is 2.52. The normalized spacial score (nSPS) is 24.7. The lowest BCUT2D eigenvalue weighted by atomic mass is 9.99. The van der Waals surface area contributed by atoms with Crippen molar-refractivity contribution >= 4 is 11.5 Å². The van der Waals surface area contributed by atoms with Crippen LogP contribution in [0.15, 0.2) is 18.3 Å². The number of nitro groups is 1. The van der Waals surface area contributed by atoms with Gasteiger partial charge in [0.2, 0.25) is 0 Å². The summed E-state index contributed by atoms with van der Waals surface area (Å²) in [5.41, 5.74) is 5.92. The van der Waals surface area contributed by atoms with Crippen LogP contribution in [-0.2, 0) is 0 Å². The molecule has 6 heteroatoms. The summed E-state index contributed by atoms with van der Waals surface area (Å²) < 4.78 is 0. The molecule has 17 heavy (non-hydrogen) atoms. The van der Waals surface area contributed by atoms with Crippen LogP contribution in [0.3, 0.4) is 0 Å². The number of aromatic nitrogens is 1. The van der Waals surface area contributed by atoms with Gasteiger partial charge in [-0.25, -0.2) is 4.98 Å². The molecule has 2 rings (SSSR count). The van der Waals surface area contributed by atoms with Gasteiger partial charge < -0.3 is 10.6 Å². The van der Waals surface area contributed by atoms with Crippen LogP contribution in [0.25, 0.3) is 0 Å². The molecule has 92 valence electrons. The van der Waals surface area contributed by atoms with Crippen LogP contribution in [0.1, 0.15) is 19.8 Å². The zero-order valence-electron chi connectivity index (χ0n) is 9.74. The highest BCUT2D eigenvalue weighted by Gasteiger charge is 2.24. The predicted molar refractivity (Wildman–Crippen MR) is 64.9 cm³/mol. The maximum atomic E-state index is 10.5. The second kappa shape index (κ2) is 4.67. The van der Waals surface area contributed by atoms with Gasteiger partial charge in [-0.1, -0.05) is 0 Å². The van der Waals surface area contributed by atoms with Crippen molar-refractivity contribution in [2.45, 2.75) is 31.8 Å². The summed E-state index contributed by atoms with van der Waals surface area (Å²) in [5.74, 6) is 0.787. The van der Waals surface area contributed by atoms with Gasteiger partial charge in [0.25, 0.3) is 5.69 Å². The minimum atomic E-state index is -0.438. The van der Waals surface area contributed by atoms with Crippen molar-refractivity contribution < 1.29 is 4.92 Å². The molecule has 0 amide bonds. The van der Waals surface area contributed by atoms with Gasteiger partial charge in [-0.05, 0) is 25.8 Å². The third-order valence-corrected chi connectivity index (χ3v) is 3.15. The van der Waals surface area contributed by atoms with E-state index in [1.54, 1.807) is 6.07 Å². The average Bonchev–Trinajstić information content (AvgIpc) is 2.29. The summed E-state index contributed by atoms with van der Waals surface area (Å²) in [7, 11) is 0. The second-order valence-corrected chi connectivity index (χ2v) is 4.46. The predicted octanol–water partition coefficient (Wildman–Crippen LogP) is 1.31. The number of hydrogen-bond donors (Lipinski definition) is 1. The van der Waals surface area contributed by atoms with Gasteiger partial charge in [0.15, 0.2) is 0 Å². The fraction of sp³-hybridized carbons (Fsp3) is 0.545. The van der Waals surface area contributed by atoms with Crippen LogP contribution in [0, 0.1) is 10.1 Å². The van der Waals surface area contributed by atoms with Gasteiger partial charge in [-0.3, -0.25) is 10.1 Å². The molecule has 0 aliphatic carbocycles. The Kier molecular flexibility index (Phi) is 3.23. The van der Waals surface area contributed by atoms with Crippen molar-refractivity contribution in [3.63, 3.8) is 0 Å². The molecule has 2 N–H and O–H groups in total. The molecule has 6 nitrogen and oxygen atoms in total. The van der Waals surface area contributed by atoms with Crippen LogP contribution in [0.2, 0.25) is 0 Å². The average molecular weight is 236 g/mol. The topological polar surface area (TPSA) is 85.3 Å². The largest absolute Gasteiger partial charge is 0.354 e. The SMILES string of the molecule is CC1CC(N)CCN1c1ccc([N+](=O)[O-])cn1. The molecule has 1 saturated heterocycles. The maximum absolute atomic E-state index is 10.5. The van der Waals surface area contributed by atoms with Gasteiger partial charge in [0.05, 0.1) is 4.92 Å². The quantitative estimate of drug-likeness (QED) is 0.618. The molecule has 1 aromatic rings. The lowest BCUT2D eigenvalue weighted by Gasteiger charge is -2.37. The highest BCUT2D eigenvalue weighted by Crippen LogP contribution is 2.23. The number of rotatable bonds is 2. The fourth-order valence-corrected chi connectivity index (χ4v) is 2.21. The molecule has 2 unspecified atom stereocenters. The summed E-state index contributed by atoms with van der Waals surface area (Å²) in [4.78, 5) is 16.4. The lowest BCUT2D eigenvalue weighted by Crippen LogP contribution is -2.45. The van der Waals surface area contributed by atoms with E-state index in [1.165, 1.54) is 12.3 Å². The summed E-state index contributed by atoms with van der Waals surface area (Å²) >= 11 is 0. The summed E-state index contributed by atoms with van der Waals surface area (Å²) in [6.07, 6.45) is 3.16. The van der Waals surface area contributed by atoms with Crippen molar-refractivity contribution in [3.8, 4) is 0 Å². The molecule has 0 spiro atoms. The number of hydrogen-bond acceptors (Lipinski definition) is 5. The molecule has 0 saturated carbocycles. The van der Waals surface area contributed by atoms with Crippen molar-refractivity contribution in [2.24, 2.45) is 5.73 Å². The van der Waals surface area contributed by atoms with Crippen LogP contribution in [0.4, 0.5) is 11.5 Å². The summed E-state index contributed by atoms with van der Waals surface area (Å²) in [6, 6.07) is 3.77. The second-order valence-electron chi connectivity index (χ2n) is 4.46. The number of anilines is 1. The zero-order chi connectivity index (χ0) is 12.4. The molecule has 2 atom stereocenters. The summed E-state index contributed by atoms with van der Waals surface area (Å²) in [5, 5.41) is 10.5. The van der Waals surface area contributed by atoms with Gasteiger partial charge in [0, 0.05) is 24.7 Å². The Labute approximate surface area is 99.6 Å². The Morgan fingerprint density at radius 1 is 1.59 bits per heavy atom. The molecule has 0 radical (unpaired) electrons. The minimum Gasteiger partial charge on any atom is -0.354 e. The summed E-state index contributed by atoms with van der Waals surface area (Å²) in [6.45, 7) is 2.95. The van der Waals surface area contributed by atoms with Crippen molar-refractivity contribution in [1.82, 2.24) is 4.98 Å². The first kappa shape index (κ1) is 11.8. The van der Waals surface area contributed by atoms with Crippen LogP contribution in [0.5, 0.6) is 0 Å². The van der Waals surface area contributed by atoms with Gasteiger partial charge in [-0.2, -0.15) is 0 Å². The van der Waals surface area contributed by atoms with E-state index in [0.29, 0.717) is 6.04 Å². The van der Waals surface area contributed by atoms with Crippen LogP contribution in [-0.4, -0.2) is 28.5 Å². The smallest absolute Gasteiger partial charge is 0.287 e. The first-order valence-corrected chi connectivity index (χ1v) is 5.70.